The van der Waals surface area contributed by atoms with Crippen LogP contribution >= 0.6 is 0 Å². The normalized spacial score (nSPS) is 32.1. The molecule has 1 aliphatic heterocycles. The summed E-state index contributed by atoms with van der Waals surface area (Å²) in [6, 6.07) is 0.347. The molecule has 0 bridgehead atoms. The summed E-state index contributed by atoms with van der Waals surface area (Å²) in [5, 5.41) is 10.4. The average molecular weight is 226 g/mol. The SMILES string of the molecule is CN1CCN(C)C(C(O)CC2CCCC2)C1. The Hall–Kier alpha value is -0.120. The van der Waals surface area contributed by atoms with Gasteiger partial charge in [-0.25, -0.2) is 0 Å². The number of rotatable bonds is 3. The third-order valence-corrected chi connectivity index (χ3v) is 4.39. The van der Waals surface area contributed by atoms with Gasteiger partial charge in [0.25, 0.3) is 0 Å². The molecular formula is C13H26N2O. The second-order valence-corrected chi connectivity index (χ2v) is 5.76. The van der Waals surface area contributed by atoms with E-state index in [1.807, 2.05) is 0 Å². The fourth-order valence-corrected chi connectivity index (χ4v) is 3.20. The molecule has 16 heavy (non-hydrogen) atoms. The molecular weight excluding hydrogens is 200 g/mol. The van der Waals surface area contributed by atoms with Gasteiger partial charge in [0.2, 0.25) is 0 Å². The third-order valence-electron chi connectivity index (χ3n) is 4.39. The van der Waals surface area contributed by atoms with Crippen LogP contribution in [0.15, 0.2) is 0 Å². The number of aliphatic hydroxyl groups is 1. The van der Waals surface area contributed by atoms with Crippen LogP contribution in [-0.4, -0.2) is 60.8 Å². The zero-order chi connectivity index (χ0) is 11.5. The molecule has 0 aromatic heterocycles. The van der Waals surface area contributed by atoms with Crippen molar-refractivity contribution in [2.75, 3.05) is 33.7 Å². The van der Waals surface area contributed by atoms with Crippen LogP contribution in [0.3, 0.4) is 0 Å². The summed E-state index contributed by atoms with van der Waals surface area (Å²) in [6.07, 6.45) is 6.31. The fourth-order valence-electron chi connectivity index (χ4n) is 3.20. The predicted octanol–water partition coefficient (Wildman–Crippen LogP) is 1.17. The second kappa shape index (κ2) is 5.48. The molecule has 1 heterocycles. The summed E-state index contributed by atoms with van der Waals surface area (Å²) in [6.45, 7) is 3.23. The van der Waals surface area contributed by atoms with Crippen LogP contribution in [0.2, 0.25) is 0 Å². The molecule has 1 aliphatic carbocycles. The Morgan fingerprint density at radius 3 is 2.56 bits per heavy atom. The lowest BCUT2D eigenvalue weighted by atomic mass is 9.94. The van der Waals surface area contributed by atoms with Crippen LogP contribution in [0.5, 0.6) is 0 Å². The highest BCUT2D eigenvalue weighted by Gasteiger charge is 2.30. The molecule has 0 amide bonds. The van der Waals surface area contributed by atoms with E-state index in [1.165, 1.54) is 25.7 Å². The first kappa shape index (κ1) is 12.3. The van der Waals surface area contributed by atoms with E-state index >= 15 is 0 Å². The van der Waals surface area contributed by atoms with Crippen LogP contribution in [0.4, 0.5) is 0 Å². The fraction of sp³-hybridized carbons (Fsp3) is 1.00. The molecule has 2 fully saturated rings. The molecule has 1 saturated carbocycles. The van der Waals surface area contributed by atoms with E-state index in [9.17, 15) is 5.11 Å². The van der Waals surface area contributed by atoms with Crippen molar-refractivity contribution < 1.29 is 5.11 Å². The first-order valence-electron chi connectivity index (χ1n) is 6.73. The maximum absolute atomic E-state index is 10.4. The highest BCUT2D eigenvalue weighted by atomic mass is 16.3. The van der Waals surface area contributed by atoms with Crippen LogP contribution in [0, 0.1) is 5.92 Å². The molecule has 94 valence electrons. The zero-order valence-corrected chi connectivity index (χ0v) is 10.7. The largest absolute Gasteiger partial charge is 0.391 e. The Bertz CT molecular complexity index is 216. The molecule has 0 radical (unpaired) electrons. The summed E-state index contributed by atoms with van der Waals surface area (Å²) in [4.78, 5) is 4.67. The van der Waals surface area contributed by atoms with E-state index < -0.39 is 0 Å². The van der Waals surface area contributed by atoms with Crippen molar-refractivity contribution in [1.82, 2.24) is 9.80 Å². The summed E-state index contributed by atoms with van der Waals surface area (Å²) >= 11 is 0. The van der Waals surface area contributed by atoms with Crippen molar-refractivity contribution in [1.29, 1.82) is 0 Å². The van der Waals surface area contributed by atoms with Crippen molar-refractivity contribution in [3.63, 3.8) is 0 Å². The third kappa shape index (κ3) is 2.96. The lowest BCUT2D eigenvalue weighted by Crippen LogP contribution is -2.55. The summed E-state index contributed by atoms with van der Waals surface area (Å²) in [7, 11) is 4.30. The van der Waals surface area contributed by atoms with Gasteiger partial charge in [0, 0.05) is 25.7 Å². The molecule has 0 aromatic carbocycles. The van der Waals surface area contributed by atoms with Crippen molar-refractivity contribution in [3.05, 3.63) is 0 Å². The molecule has 2 atom stereocenters. The standard InChI is InChI=1S/C13H26N2O/c1-14-7-8-15(2)12(10-14)13(16)9-11-5-3-4-6-11/h11-13,16H,3-10H2,1-2H3. The minimum atomic E-state index is -0.129. The van der Waals surface area contributed by atoms with Gasteiger partial charge >= 0.3 is 0 Å². The summed E-state index contributed by atoms with van der Waals surface area (Å²) in [5.74, 6) is 0.788. The van der Waals surface area contributed by atoms with Crippen LogP contribution < -0.4 is 0 Å². The van der Waals surface area contributed by atoms with Gasteiger partial charge in [-0.05, 0) is 26.4 Å². The molecule has 1 saturated heterocycles. The van der Waals surface area contributed by atoms with Gasteiger partial charge in [-0.15, -0.1) is 0 Å². The van der Waals surface area contributed by atoms with Crippen molar-refractivity contribution >= 4 is 0 Å². The molecule has 3 heteroatoms. The monoisotopic (exact) mass is 226 g/mol. The first-order chi connectivity index (χ1) is 7.66. The quantitative estimate of drug-likeness (QED) is 0.782. The van der Waals surface area contributed by atoms with Crippen LogP contribution in [0.1, 0.15) is 32.1 Å². The van der Waals surface area contributed by atoms with E-state index in [-0.39, 0.29) is 6.10 Å². The molecule has 2 aliphatic rings. The van der Waals surface area contributed by atoms with Crippen molar-refractivity contribution in [3.8, 4) is 0 Å². The maximum atomic E-state index is 10.4. The highest BCUT2D eigenvalue weighted by Crippen LogP contribution is 2.30. The molecule has 3 nitrogen and oxygen atoms in total. The number of nitrogens with zero attached hydrogens (tertiary/aromatic N) is 2. The Kier molecular flexibility index (Phi) is 4.22. The van der Waals surface area contributed by atoms with Gasteiger partial charge in [0.05, 0.1) is 6.10 Å². The maximum Gasteiger partial charge on any atom is 0.0710 e. The smallest absolute Gasteiger partial charge is 0.0710 e. The average Bonchev–Trinajstić information content (AvgIpc) is 2.74. The van der Waals surface area contributed by atoms with Gasteiger partial charge < -0.3 is 10.0 Å². The minimum absolute atomic E-state index is 0.129. The molecule has 2 unspecified atom stereocenters. The van der Waals surface area contributed by atoms with Gasteiger partial charge in [0.15, 0.2) is 0 Å². The van der Waals surface area contributed by atoms with Gasteiger partial charge in [0.1, 0.15) is 0 Å². The minimum Gasteiger partial charge on any atom is -0.391 e. The Labute approximate surface area is 99.4 Å². The van der Waals surface area contributed by atoms with E-state index in [0.29, 0.717) is 6.04 Å². The van der Waals surface area contributed by atoms with Gasteiger partial charge in [-0.2, -0.15) is 0 Å². The summed E-state index contributed by atoms with van der Waals surface area (Å²) < 4.78 is 0. The second-order valence-electron chi connectivity index (χ2n) is 5.76. The predicted molar refractivity (Wildman–Crippen MR) is 66.5 cm³/mol. The van der Waals surface area contributed by atoms with Crippen molar-refractivity contribution in [2.45, 2.75) is 44.2 Å². The summed E-state index contributed by atoms with van der Waals surface area (Å²) in [5.41, 5.74) is 0. The van der Waals surface area contributed by atoms with E-state index in [4.69, 9.17) is 0 Å². The Balaban J connectivity index is 1.84. The topological polar surface area (TPSA) is 26.7 Å². The molecule has 0 aromatic rings. The Morgan fingerprint density at radius 2 is 1.88 bits per heavy atom. The lowest BCUT2D eigenvalue weighted by Gasteiger charge is -2.40. The highest BCUT2D eigenvalue weighted by molar-refractivity contribution is 4.86. The number of hydrogen-bond acceptors (Lipinski definition) is 3. The van der Waals surface area contributed by atoms with Crippen molar-refractivity contribution in [2.24, 2.45) is 5.92 Å². The Morgan fingerprint density at radius 1 is 1.19 bits per heavy atom. The van der Waals surface area contributed by atoms with E-state index in [2.05, 4.69) is 23.9 Å². The number of hydrogen-bond donors (Lipinski definition) is 1. The molecule has 1 N–H and O–H groups in total. The number of piperazine rings is 1. The van der Waals surface area contributed by atoms with Gasteiger partial charge in [-0.3, -0.25) is 4.90 Å². The van der Waals surface area contributed by atoms with Crippen LogP contribution in [0.25, 0.3) is 0 Å². The van der Waals surface area contributed by atoms with E-state index in [1.54, 1.807) is 0 Å². The molecule has 0 spiro atoms. The number of aliphatic hydroxyl groups excluding tert-OH is 1. The van der Waals surface area contributed by atoms with Crippen LogP contribution in [-0.2, 0) is 0 Å². The number of likely N-dealkylation sites (N-methyl/N-ethyl adjacent to an activating group) is 2. The van der Waals surface area contributed by atoms with Gasteiger partial charge in [-0.1, -0.05) is 25.7 Å². The van der Waals surface area contributed by atoms with E-state index in [0.717, 1.165) is 32.0 Å². The lowest BCUT2D eigenvalue weighted by molar-refractivity contribution is 0.00342. The molecule has 2 rings (SSSR count). The first-order valence-corrected chi connectivity index (χ1v) is 6.73. The zero-order valence-electron chi connectivity index (χ0n) is 10.7.